The molecule has 2 aromatic heterocycles. The topological polar surface area (TPSA) is 25.8 Å². The van der Waals surface area contributed by atoms with Crippen molar-refractivity contribution >= 4 is 11.6 Å². The number of pyridine rings is 2. The first-order chi connectivity index (χ1) is 7.16. The molecule has 0 saturated carbocycles. The van der Waals surface area contributed by atoms with Crippen LogP contribution in [0.15, 0.2) is 30.5 Å². The van der Waals surface area contributed by atoms with Crippen LogP contribution in [0.5, 0.6) is 0 Å². The van der Waals surface area contributed by atoms with E-state index in [0.29, 0.717) is 0 Å². The summed E-state index contributed by atoms with van der Waals surface area (Å²) in [7, 11) is 0. The lowest BCUT2D eigenvalue weighted by Crippen LogP contribution is -1.92. The van der Waals surface area contributed by atoms with Crippen molar-refractivity contribution in [1.29, 1.82) is 0 Å². The van der Waals surface area contributed by atoms with Crippen LogP contribution >= 0.6 is 11.6 Å². The lowest BCUT2D eigenvalue weighted by atomic mass is 10.2. The van der Waals surface area contributed by atoms with Crippen molar-refractivity contribution in [2.45, 2.75) is 0 Å². The van der Waals surface area contributed by atoms with Gasteiger partial charge in [-0.3, -0.25) is 4.98 Å². The van der Waals surface area contributed by atoms with Crippen molar-refractivity contribution in [2.75, 3.05) is 0 Å². The van der Waals surface area contributed by atoms with Crippen LogP contribution in [0.1, 0.15) is 0 Å². The Morgan fingerprint density at radius 3 is 2.60 bits per heavy atom. The second kappa shape index (κ2) is 3.90. The molecule has 0 spiro atoms. The second-order valence-corrected chi connectivity index (χ2v) is 3.22. The third kappa shape index (κ3) is 2.10. The van der Waals surface area contributed by atoms with Crippen molar-refractivity contribution in [2.24, 2.45) is 0 Å². The average molecular weight is 227 g/mol. The number of aromatic nitrogens is 2. The molecule has 2 rings (SSSR count). The van der Waals surface area contributed by atoms with Gasteiger partial charge < -0.3 is 0 Å². The zero-order chi connectivity index (χ0) is 10.8. The highest BCUT2D eigenvalue weighted by atomic mass is 35.5. The maximum absolute atomic E-state index is 13.3. The van der Waals surface area contributed by atoms with Crippen LogP contribution < -0.4 is 0 Å². The van der Waals surface area contributed by atoms with E-state index in [2.05, 4.69) is 9.97 Å². The molecule has 0 saturated heterocycles. The molecular weight excluding hydrogens is 222 g/mol. The molecule has 0 aromatic carbocycles. The Labute approximate surface area is 89.6 Å². The maximum atomic E-state index is 13.3. The van der Waals surface area contributed by atoms with E-state index in [1.807, 2.05) is 0 Å². The second-order valence-electron chi connectivity index (χ2n) is 2.83. The van der Waals surface area contributed by atoms with Crippen molar-refractivity contribution < 1.29 is 8.78 Å². The van der Waals surface area contributed by atoms with Gasteiger partial charge in [0.15, 0.2) is 0 Å². The van der Waals surface area contributed by atoms with Gasteiger partial charge in [0.1, 0.15) is 11.0 Å². The lowest BCUT2D eigenvalue weighted by molar-refractivity contribution is 0.586. The van der Waals surface area contributed by atoms with E-state index in [-0.39, 0.29) is 16.4 Å². The summed E-state index contributed by atoms with van der Waals surface area (Å²) in [5, 5.41) is 0.0488. The summed E-state index contributed by atoms with van der Waals surface area (Å²) in [6, 6.07) is 5.15. The quantitative estimate of drug-likeness (QED) is 0.699. The summed E-state index contributed by atoms with van der Waals surface area (Å²) >= 11 is 5.49. The molecule has 15 heavy (non-hydrogen) atoms. The first kappa shape index (κ1) is 9.98. The van der Waals surface area contributed by atoms with E-state index in [1.165, 1.54) is 24.4 Å². The normalized spacial score (nSPS) is 10.3. The summed E-state index contributed by atoms with van der Waals surface area (Å²) in [5.74, 6) is -1.24. The molecule has 0 N–H and O–H groups in total. The average Bonchev–Trinajstić information content (AvgIpc) is 2.17. The molecule has 0 aliphatic heterocycles. The van der Waals surface area contributed by atoms with Gasteiger partial charge in [-0.05, 0) is 18.2 Å². The van der Waals surface area contributed by atoms with Crippen molar-refractivity contribution in [1.82, 2.24) is 9.97 Å². The molecule has 0 radical (unpaired) electrons. The minimum Gasteiger partial charge on any atom is -0.256 e. The van der Waals surface area contributed by atoms with Gasteiger partial charge in [-0.15, -0.1) is 0 Å². The monoisotopic (exact) mass is 226 g/mol. The summed E-state index contributed by atoms with van der Waals surface area (Å²) < 4.78 is 26.2. The number of hydrogen-bond acceptors (Lipinski definition) is 2. The van der Waals surface area contributed by atoms with Gasteiger partial charge >= 0.3 is 0 Å². The van der Waals surface area contributed by atoms with Crippen LogP contribution in [-0.2, 0) is 0 Å². The number of nitrogens with zero attached hydrogens (tertiary/aromatic N) is 2. The molecule has 0 atom stereocenters. The fraction of sp³-hybridized carbons (Fsp3) is 0. The standard InChI is InChI=1S/C10H5ClF2N2/c11-9-2-1-7(10(13)15-9)8-5-6(12)3-4-14-8/h1-5H. The van der Waals surface area contributed by atoms with E-state index in [9.17, 15) is 8.78 Å². The number of hydrogen-bond donors (Lipinski definition) is 0. The molecule has 0 bridgehead atoms. The lowest BCUT2D eigenvalue weighted by Gasteiger charge is -2.01. The smallest absolute Gasteiger partial charge is 0.223 e. The van der Waals surface area contributed by atoms with E-state index < -0.39 is 11.8 Å². The Morgan fingerprint density at radius 2 is 1.93 bits per heavy atom. The predicted molar refractivity (Wildman–Crippen MR) is 52.4 cm³/mol. The molecule has 76 valence electrons. The molecular formula is C10H5ClF2N2. The predicted octanol–water partition coefficient (Wildman–Crippen LogP) is 3.08. The third-order valence-electron chi connectivity index (χ3n) is 1.81. The summed E-state index contributed by atoms with van der Waals surface area (Å²) in [4.78, 5) is 7.25. The van der Waals surface area contributed by atoms with Gasteiger partial charge in [0, 0.05) is 12.3 Å². The largest absolute Gasteiger partial charge is 0.256 e. The fourth-order valence-electron chi connectivity index (χ4n) is 1.16. The number of rotatable bonds is 1. The van der Waals surface area contributed by atoms with E-state index in [4.69, 9.17) is 11.6 Å². The van der Waals surface area contributed by atoms with Crippen molar-refractivity contribution in [3.63, 3.8) is 0 Å². The van der Waals surface area contributed by atoms with Crippen LogP contribution in [0.2, 0.25) is 5.15 Å². The van der Waals surface area contributed by atoms with Gasteiger partial charge in [0.25, 0.3) is 0 Å². The summed E-state index contributed by atoms with van der Waals surface area (Å²) in [6.45, 7) is 0. The van der Waals surface area contributed by atoms with Crippen molar-refractivity contribution in [3.05, 3.63) is 47.4 Å². The maximum Gasteiger partial charge on any atom is 0.223 e. The first-order valence-electron chi connectivity index (χ1n) is 4.11. The molecule has 0 unspecified atom stereocenters. The van der Waals surface area contributed by atoms with Gasteiger partial charge in [0.05, 0.1) is 11.3 Å². The third-order valence-corrected chi connectivity index (χ3v) is 2.02. The summed E-state index contributed by atoms with van der Waals surface area (Å²) in [5.41, 5.74) is 0.315. The van der Waals surface area contributed by atoms with Gasteiger partial charge in [-0.1, -0.05) is 11.6 Å². The Kier molecular flexibility index (Phi) is 2.60. The zero-order valence-corrected chi connectivity index (χ0v) is 8.17. The Hall–Kier alpha value is -1.55. The van der Waals surface area contributed by atoms with Crippen LogP contribution in [0, 0.1) is 11.8 Å². The minimum atomic E-state index is -0.763. The van der Waals surface area contributed by atoms with Crippen molar-refractivity contribution in [3.8, 4) is 11.3 Å². The highest BCUT2D eigenvalue weighted by molar-refractivity contribution is 6.29. The zero-order valence-electron chi connectivity index (χ0n) is 7.42. The molecule has 2 aromatic rings. The SMILES string of the molecule is Fc1ccnc(-c2ccc(Cl)nc2F)c1. The minimum absolute atomic E-state index is 0.0488. The van der Waals surface area contributed by atoms with Crippen LogP contribution in [0.4, 0.5) is 8.78 Å². The Morgan fingerprint density at radius 1 is 1.13 bits per heavy atom. The highest BCUT2D eigenvalue weighted by Crippen LogP contribution is 2.21. The fourth-order valence-corrected chi connectivity index (χ4v) is 1.29. The van der Waals surface area contributed by atoms with Crippen LogP contribution in [0.3, 0.4) is 0 Å². The molecule has 0 amide bonds. The summed E-state index contributed by atoms with van der Waals surface area (Å²) in [6.07, 6.45) is 1.26. The van der Waals surface area contributed by atoms with E-state index in [0.717, 1.165) is 6.07 Å². The molecule has 2 heterocycles. The highest BCUT2D eigenvalue weighted by Gasteiger charge is 2.08. The van der Waals surface area contributed by atoms with Gasteiger partial charge in [0.2, 0.25) is 5.95 Å². The van der Waals surface area contributed by atoms with Gasteiger partial charge in [-0.25, -0.2) is 9.37 Å². The van der Waals surface area contributed by atoms with Gasteiger partial charge in [-0.2, -0.15) is 4.39 Å². The Balaban J connectivity index is 2.54. The Bertz CT molecular complexity index is 503. The molecule has 5 heteroatoms. The molecule has 2 nitrogen and oxygen atoms in total. The van der Waals surface area contributed by atoms with E-state index in [1.54, 1.807) is 0 Å². The molecule has 0 aliphatic rings. The number of halogens is 3. The van der Waals surface area contributed by atoms with E-state index >= 15 is 0 Å². The van der Waals surface area contributed by atoms with Crippen LogP contribution in [0.25, 0.3) is 11.3 Å². The van der Waals surface area contributed by atoms with Crippen LogP contribution in [-0.4, -0.2) is 9.97 Å². The molecule has 0 aliphatic carbocycles. The molecule has 0 fully saturated rings. The first-order valence-corrected chi connectivity index (χ1v) is 4.48.